The van der Waals surface area contributed by atoms with E-state index in [-0.39, 0.29) is 81.9 Å². The Balaban J connectivity index is 0.763. The van der Waals surface area contributed by atoms with E-state index >= 15 is 0 Å². The zero-order chi connectivity index (χ0) is 60.2. The number of ketones is 6. The highest BCUT2D eigenvalue weighted by atomic mass is 16.7. The highest BCUT2D eigenvalue weighted by molar-refractivity contribution is 6.32. The summed E-state index contributed by atoms with van der Waals surface area (Å²) in [6.07, 6.45) is -10.5. The Bertz CT molecular complexity index is 3370. The molecule has 0 radical (unpaired) electrons. The Morgan fingerprint density at radius 3 is 1.25 bits per heavy atom. The lowest BCUT2D eigenvalue weighted by Gasteiger charge is -2.43. The van der Waals surface area contributed by atoms with Gasteiger partial charge < -0.3 is 79.9 Å². The van der Waals surface area contributed by atoms with Gasteiger partial charge in [0.2, 0.25) is 11.6 Å². The average Bonchev–Trinajstić information content (AvgIpc) is 1.06. The Hall–Kier alpha value is -7.48. The summed E-state index contributed by atoms with van der Waals surface area (Å²) in [5.74, 6) is -7.00. The summed E-state index contributed by atoms with van der Waals surface area (Å²) in [5.41, 5.74) is -5.35. The molecular weight excluding hydrogens is 1090 g/mol. The Morgan fingerprint density at radius 1 is 0.548 bits per heavy atom. The lowest BCUT2D eigenvalue weighted by molar-refractivity contribution is -0.250. The van der Waals surface area contributed by atoms with Gasteiger partial charge >= 0.3 is 0 Å². The standard InChI is InChI=1S/C62H64N2O20/c1-25-51(67)35(17-41(81-25)83-39-21-61(77,27(3)65)19-33-45(39)59(75)49-47(55(33)71)53(69)31-9-7-11-37(79-5)43(31)57(49)73)63-23-29-13-15-30(16-14-29)24-64-36-18-42(82-26(2)52(36)68)84-40-22-62(78,28(4)66)20-34-46(40)60(76)50-48(56(34)72)54(70)32-10-8-12-38(80-6)44(32)58(50)74/h7-16,25-26,35-36,39-42,51-52,63-64,67-68,71-72,75-78H,17-24H2,1-6H3/t25-,26-,35-,36?,39-,40+,41-,42-,51+,52+,61-,62+/m0/s1. The molecule has 0 spiro atoms. The molecular formula is C62H64N2O20. The molecule has 0 saturated carbocycles. The highest BCUT2D eigenvalue weighted by Crippen LogP contribution is 2.55. The largest absolute Gasteiger partial charge is 0.507 e. The van der Waals surface area contributed by atoms with Crippen molar-refractivity contribution in [2.24, 2.45) is 0 Å². The summed E-state index contributed by atoms with van der Waals surface area (Å²) < 4.78 is 35.9. The summed E-state index contributed by atoms with van der Waals surface area (Å²) in [5, 5.41) is 100. The van der Waals surface area contributed by atoms with Gasteiger partial charge in [-0.25, -0.2) is 0 Å². The lowest BCUT2D eigenvalue weighted by Crippen LogP contribution is -2.54. The minimum Gasteiger partial charge on any atom is -0.507 e. The van der Waals surface area contributed by atoms with E-state index in [0.717, 1.165) is 25.0 Å². The van der Waals surface area contributed by atoms with E-state index in [0.29, 0.717) is 0 Å². The fourth-order valence-electron chi connectivity index (χ4n) is 12.9. The first-order chi connectivity index (χ1) is 39.9. The molecule has 10 N–H and O–H groups in total. The number of benzene rings is 5. The van der Waals surface area contributed by atoms with Gasteiger partial charge in [-0.1, -0.05) is 48.5 Å². The van der Waals surface area contributed by atoms with Crippen LogP contribution in [-0.2, 0) is 54.5 Å². The molecule has 0 aromatic heterocycles. The van der Waals surface area contributed by atoms with Gasteiger partial charge in [-0.05, 0) is 51.0 Å². The molecule has 0 bridgehead atoms. The number of methoxy groups -OCH3 is 2. The number of Topliss-reactive ketones (excluding diaryl/α,β-unsaturated/α-hetero) is 2. The molecule has 2 aliphatic heterocycles. The van der Waals surface area contributed by atoms with Gasteiger partial charge in [0.05, 0.1) is 84.2 Å². The first-order valence-corrected chi connectivity index (χ1v) is 27.6. The quantitative estimate of drug-likeness (QED) is 0.0687. The lowest BCUT2D eigenvalue weighted by atomic mass is 9.72. The smallest absolute Gasteiger partial charge is 0.202 e. The second-order valence-corrected chi connectivity index (χ2v) is 22.7. The van der Waals surface area contributed by atoms with Crippen molar-refractivity contribution in [1.29, 1.82) is 0 Å². The molecule has 12 atom stereocenters. The van der Waals surface area contributed by atoms with E-state index in [2.05, 4.69) is 10.6 Å². The molecule has 22 nitrogen and oxygen atoms in total. The topological polar surface area (TPSA) is 344 Å². The zero-order valence-corrected chi connectivity index (χ0v) is 46.7. The molecule has 0 amide bonds. The van der Waals surface area contributed by atoms with Crippen LogP contribution in [0.4, 0.5) is 0 Å². The van der Waals surface area contributed by atoms with E-state index in [9.17, 15) is 69.6 Å². The van der Waals surface area contributed by atoms with Gasteiger partial charge in [-0.2, -0.15) is 0 Å². The molecule has 2 fully saturated rings. The number of aromatic hydroxyl groups is 4. The molecule has 2 heterocycles. The Kier molecular flexibility index (Phi) is 15.2. The fraction of sp³-hybridized carbons (Fsp3) is 0.419. The number of phenolic OH excluding ortho intramolecular Hbond substituents is 4. The molecule has 2 saturated heterocycles. The van der Waals surface area contributed by atoms with E-state index in [1.165, 1.54) is 50.6 Å². The monoisotopic (exact) mass is 1160 g/mol. The van der Waals surface area contributed by atoms with Crippen LogP contribution in [-0.4, -0.2) is 150 Å². The summed E-state index contributed by atoms with van der Waals surface area (Å²) in [6.45, 7) is 6.11. The van der Waals surface area contributed by atoms with Crippen LogP contribution in [0.25, 0.3) is 0 Å². The zero-order valence-electron chi connectivity index (χ0n) is 46.7. The number of phenols is 4. The third-order valence-electron chi connectivity index (χ3n) is 17.7. The summed E-state index contributed by atoms with van der Waals surface area (Å²) in [6, 6.07) is 14.9. The molecule has 22 heteroatoms. The van der Waals surface area contributed by atoms with Crippen molar-refractivity contribution >= 4 is 34.7 Å². The normalized spacial score (nSPS) is 28.7. The molecule has 5 aromatic rings. The average molecular weight is 1160 g/mol. The van der Waals surface area contributed by atoms with Gasteiger partial charge in [0.15, 0.2) is 35.7 Å². The number of hydrogen-bond acceptors (Lipinski definition) is 22. The summed E-state index contributed by atoms with van der Waals surface area (Å²) in [4.78, 5) is 82.2. The number of aliphatic hydroxyl groups is 4. The number of rotatable bonds is 14. The van der Waals surface area contributed by atoms with E-state index < -0.39 is 178 Å². The van der Waals surface area contributed by atoms with Crippen LogP contribution in [0.5, 0.6) is 34.5 Å². The third kappa shape index (κ3) is 9.63. The molecule has 4 aliphatic carbocycles. The van der Waals surface area contributed by atoms with Crippen LogP contribution in [0.2, 0.25) is 0 Å². The minimum atomic E-state index is -2.12. The van der Waals surface area contributed by atoms with Crippen molar-refractivity contribution in [3.8, 4) is 34.5 Å². The van der Waals surface area contributed by atoms with Gasteiger partial charge in [0.1, 0.15) is 45.7 Å². The number of aliphatic hydroxyl groups excluding tert-OH is 2. The maximum Gasteiger partial charge on any atom is 0.202 e. The van der Waals surface area contributed by atoms with Crippen LogP contribution < -0.4 is 20.1 Å². The molecule has 6 aliphatic rings. The first-order valence-electron chi connectivity index (χ1n) is 27.6. The van der Waals surface area contributed by atoms with Crippen LogP contribution in [0.3, 0.4) is 0 Å². The molecule has 1 unspecified atom stereocenters. The van der Waals surface area contributed by atoms with Gasteiger partial charge in [0, 0.05) is 97.1 Å². The molecule has 5 aromatic carbocycles. The molecule has 11 rings (SSSR count). The number of carbonyl (C=O) groups is 6. The van der Waals surface area contributed by atoms with E-state index in [1.54, 1.807) is 13.8 Å². The van der Waals surface area contributed by atoms with Crippen molar-refractivity contribution in [2.45, 2.75) is 152 Å². The maximum atomic E-state index is 14.1. The van der Waals surface area contributed by atoms with E-state index in [1.807, 2.05) is 24.3 Å². The number of hydrogen-bond donors (Lipinski definition) is 10. The van der Waals surface area contributed by atoms with Crippen molar-refractivity contribution in [3.05, 3.63) is 139 Å². The fourth-order valence-corrected chi connectivity index (χ4v) is 12.9. The Labute approximate surface area is 480 Å². The molecule has 442 valence electrons. The number of fused-ring (bicyclic) bond motifs is 6. The third-order valence-corrected chi connectivity index (χ3v) is 17.7. The summed E-state index contributed by atoms with van der Waals surface area (Å²) >= 11 is 0. The van der Waals surface area contributed by atoms with Crippen LogP contribution in [0, 0.1) is 0 Å². The van der Waals surface area contributed by atoms with Crippen LogP contribution in [0.1, 0.15) is 163 Å². The first kappa shape index (κ1) is 58.3. The van der Waals surface area contributed by atoms with Crippen LogP contribution in [0.15, 0.2) is 60.7 Å². The van der Waals surface area contributed by atoms with E-state index in [4.69, 9.17) is 28.4 Å². The predicted octanol–water partition coefficient (Wildman–Crippen LogP) is 4.03. The Morgan fingerprint density at radius 2 is 0.905 bits per heavy atom. The number of ether oxygens (including phenoxy) is 6. The number of nitrogens with one attached hydrogen (secondary N) is 2. The van der Waals surface area contributed by atoms with Crippen molar-refractivity contribution in [1.82, 2.24) is 10.6 Å². The SMILES string of the molecule is COc1cccc2c1C(=O)c1c(O)c3c(c(O)c1C2=O)C[C@@](O)(C(C)=O)C[C@@H]3O[C@H]1C[C@H](NCc2ccc(CNC3C[C@H](O[C@@H]4C[C@@](O)(C(C)=O)Cc5c(O)c6c(c(O)c54)C(=O)c4c(OC)cccc4C6=O)O[C@@H](C)[C@H]3O)cc2)[C@H](O)[C@H](C)O1. The van der Waals surface area contributed by atoms with Crippen LogP contribution >= 0.6 is 0 Å². The maximum absolute atomic E-state index is 14.1. The van der Waals surface area contributed by atoms with Gasteiger partial charge in [-0.3, -0.25) is 28.8 Å². The van der Waals surface area contributed by atoms with Crippen molar-refractivity contribution in [3.63, 3.8) is 0 Å². The van der Waals surface area contributed by atoms with Gasteiger partial charge in [-0.15, -0.1) is 0 Å². The summed E-state index contributed by atoms with van der Waals surface area (Å²) in [7, 11) is 2.65. The molecule has 84 heavy (non-hydrogen) atoms. The van der Waals surface area contributed by atoms with Crippen molar-refractivity contribution < 1.29 is 98.0 Å². The second-order valence-electron chi connectivity index (χ2n) is 22.7. The van der Waals surface area contributed by atoms with Gasteiger partial charge in [0.25, 0.3) is 0 Å². The highest BCUT2D eigenvalue weighted by Gasteiger charge is 2.52. The number of carbonyl (C=O) groups excluding carboxylic acids is 6. The predicted molar refractivity (Wildman–Crippen MR) is 292 cm³/mol. The minimum absolute atomic E-state index is 0.0237. The second kappa shape index (κ2) is 21.9. The van der Waals surface area contributed by atoms with Crippen molar-refractivity contribution in [2.75, 3.05) is 14.2 Å².